The third kappa shape index (κ3) is 0.594. The molecule has 9 heavy (non-hydrogen) atoms. The Morgan fingerprint density at radius 3 is 2.33 bits per heavy atom. The van der Waals surface area contributed by atoms with Gasteiger partial charge < -0.3 is 0 Å². The minimum Gasteiger partial charge on any atom is -0.286 e. The Labute approximate surface area is 56.2 Å². The lowest BCUT2D eigenvalue weighted by molar-refractivity contribution is -0.119. The fraction of sp³-hybridized carbons (Fsp3) is 0.600. The summed E-state index contributed by atoms with van der Waals surface area (Å²) in [4.78, 5) is 21.4. The number of imide groups is 1. The Morgan fingerprint density at radius 2 is 2.11 bits per heavy atom. The van der Waals surface area contributed by atoms with E-state index in [0.29, 0.717) is 0 Å². The second-order valence-electron chi connectivity index (χ2n) is 2.34. The van der Waals surface area contributed by atoms with E-state index < -0.39 is 0 Å². The molecule has 1 aliphatic carbocycles. The predicted octanol–water partition coefficient (Wildman–Crippen LogP) is 0.502. The lowest BCUT2D eigenvalue weighted by Gasteiger charge is -1.92. The van der Waals surface area contributed by atoms with Gasteiger partial charge in [-0.15, -0.1) is 0 Å². The summed E-state index contributed by atoms with van der Waals surface area (Å²) < 4.78 is -0.308. The van der Waals surface area contributed by atoms with Crippen LogP contribution in [-0.4, -0.2) is 15.9 Å². The maximum absolute atomic E-state index is 10.8. The van der Waals surface area contributed by atoms with Crippen LogP contribution in [0.15, 0.2) is 0 Å². The summed E-state index contributed by atoms with van der Waals surface area (Å²) in [5, 5.41) is 2.07. The Morgan fingerprint density at radius 1 is 1.44 bits per heavy atom. The quantitative estimate of drug-likeness (QED) is 0.537. The highest BCUT2D eigenvalue weighted by Crippen LogP contribution is 2.51. The number of nitrogens with one attached hydrogen (secondary N) is 1. The molecule has 48 valence electrons. The highest BCUT2D eigenvalue weighted by Gasteiger charge is 2.57. The van der Waals surface area contributed by atoms with Gasteiger partial charge in [0.2, 0.25) is 5.91 Å². The van der Waals surface area contributed by atoms with E-state index in [0.717, 1.165) is 24.6 Å². The molecule has 0 unspecified atom stereocenters. The molecule has 1 heterocycles. The van der Waals surface area contributed by atoms with Crippen molar-refractivity contribution >= 4 is 22.9 Å². The van der Waals surface area contributed by atoms with Gasteiger partial charge in [0.15, 0.2) is 0 Å². The van der Waals surface area contributed by atoms with E-state index in [1.165, 1.54) is 0 Å². The Hall–Kier alpha value is -0.510. The molecule has 0 radical (unpaired) electrons. The van der Waals surface area contributed by atoms with Crippen molar-refractivity contribution in [2.24, 2.45) is 0 Å². The highest BCUT2D eigenvalue weighted by molar-refractivity contribution is 8.16. The highest BCUT2D eigenvalue weighted by atomic mass is 32.2. The average molecular weight is 143 g/mol. The van der Waals surface area contributed by atoms with E-state index in [1.54, 1.807) is 0 Å². The Balaban J connectivity index is 2.28. The monoisotopic (exact) mass is 143 g/mol. The molecule has 1 saturated carbocycles. The third-order valence-electron chi connectivity index (χ3n) is 1.62. The van der Waals surface area contributed by atoms with Gasteiger partial charge in [0, 0.05) is 0 Å². The van der Waals surface area contributed by atoms with Gasteiger partial charge in [0.1, 0.15) is 4.75 Å². The van der Waals surface area contributed by atoms with Crippen LogP contribution in [-0.2, 0) is 4.79 Å². The van der Waals surface area contributed by atoms with Gasteiger partial charge in [-0.25, -0.2) is 0 Å². The molecule has 2 rings (SSSR count). The second-order valence-corrected chi connectivity index (χ2v) is 3.69. The van der Waals surface area contributed by atoms with Gasteiger partial charge >= 0.3 is 0 Å². The Bertz CT molecular complexity index is 197. The van der Waals surface area contributed by atoms with Crippen molar-refractivity contribution in [2.45, 2.75) is 17.6 Å². The molecule has 1 spiro atoms. The summed E-state index contributed by atoms with van der Waals surface area (Å²) in [6.07, 6.45) is 1.74. The fourth-order valence-corrected chi connectivity index (χ4v) is 1.85. The fourth-order valence-electron chi connectivity index (χ4n) is 0.899. The molecular formula is C5H5NO2S. The number of carbonyl (C=O) groups is 2. The van der Waals surface area contributed by atoms with Crippen LogP contribution in [0.1, 0.15) is 12.8 Å². The van der Waals surface area contributed by atoms with Crippen LogP contribution >= 0.6 is 11.8 Å². The molecule has 0 aromatic rings. The molecule has 4 heteroatoms. The molecule has 1 N–H and O–H groups in total. The van der Waals surface area contributed by atoms with Crippen LogP contribution in [0.25, 0.3) is 0 Å². The summed E-state index contributed by atoms with van der Waals surface area (Å²) in [5.41, 5.74) is 0. The van der Waals surface area contributed by atoms with Crippen molar-refractivity contribution in [1.82, 2.24) is 5.32 Å². The molecule has 0 atom stereocenters. The molecule has 1 saturated heterocycles. The van der Waals surface area contributed by atoms with E-state index in [2.05, 4.69) is 5.32 Å². The lowest BCUT2D eigenvalue weighted by Crippen LogP contribution is -2.24. The summed E-state index contributed by atoms with van der Waals surface area (Å²) >= 11 is 1.14. The number of carbonyl (C=O) groups excluding carboxylic acids is 2. The normalized spacial score (nSPS) is 28.9. The number of hydrogen-bond donors (Lipinski definition) is 1. The first-order valence-corrected chi connectivity index (χ1v) is 3.59. The minimum absolute atomic E-state index is 0.0856. The number of hydrogen-bond acceptors (Lipinski definition) is 3. The first-order chi connectivity index (χ1) is 4.23. The van der Waals surface area contributed by atoms with Crippen molar-refractivity contribution in [3.63, 3.8) is 0 Å². The predicted molar refractivity (Wildman–Crippen MR) is 33.1 cm³/mol. The van der Waals surface area contributed by atoms with Crippen molar-refractivity contribution in [2.75, 3.05) is 0 Å². The summed E-state index contributed by atoms with van der Waals surface area (Å²) in [6.45, 7) is 0. The molecule has 0 bridgehead atoms. The van der Waals surface area contributed by atoms with Crippen molar-refractivity contribution in [3.05, 3.63) is 0 Å². The summed E-state index contributed by atoms with van der Waals surface area (Å²) in [7, 11) is 0. The molecular weight excluding hydrogens is 138 g/mol. The zero-order valence-electron chi connectivity index (χ0n) is 4.64. The summed E-state index contributed by atoms with van der Waals surface area (Å²) in [5.74, 6) is -0.0856. The average Bonchev–Trinajstić information content (AvgIpc) is 2.42. The summed E-state index contributed by atoms with van der Waals surface area (Å²) in [6, 6.07) is 0. The molecule has 2 fully saturated rings. The standard InChI is InChI=1S/C5H5NO2S/c7-3-5(1-2-5)9-4(8)6-3/h1-2H2,(H,6,7,8). The number of thioether (sulfide) groups is 1. The first kappa shape index (κ1) is 5.29. The minimum atomic E-state index is -0.308. The van der Waals surface area contributed by atoms with Crippen molar-refractivity contribution < 1.29 is 9.59 Å². The topological polar surface area (TPSA) is 46.2 Å². The lowest BCUT2D eigenvalue weighted by atomic mass is 10.4. The van der Waals surface area contributed by atoms with E-state index in [-0.39, 0.29) is 15.9 Å². The number of amides is 2. The maximum atomic E-state index is 10.8. The zero-order valence-corrected chi connectivity index (χ0v) is 5.46. The van der Waals surface area contributed by atoms with E-state index in [9.17, 15) is 9.59 Å². The third-order valence-corrected chi connectivity index (χ3v) is 2.89. The van der Waals surface area contributed by atoms with Crippen molar-refractivity contribution in [3.8, 4) is 0 Å². The molecule has 2 amide bonds. The van der Waals surface area contributed by atoms with Crippen LogP contribution in [0.5, 0.6) is 0 Å². The Kier molecular flexibility index (Phi) is 0.773. The smallest absolute Gasteiger partial charge is 0.286 e. The maximum Gasteiger partial charge on any atom is 0.286 e. The van der Waals surface area contributed by atoms with Crippen LogP contribution in [0.2, 0.25) is 0 Å². The van der Waals surface area contributed by atoms with E-state index in [4.69, 9.17) is 0 Å². The molecule has 0 aromatic heterocycles. The van der Waals surface area contributed by atoms with Crippen molar-refractivity contribution in [1.29, 1.82) is 0 Å². The van der Waals surface area contributed by atoms with E-state index >= 15 is 0 Å². The van der Waals surface area contributed by atoms with Gasteiger partial charge in [-0.3, -0.25) is 14.9 Å². The van der Waals surface area contributed by atoms with Crippen LogP contribution in [0, 0.1) is 0 Å². The molecule has 0 aromatic carbocycles. The first-order valence-electron chi connectivity index (χ1n) is 2.77. The van der Waals surface area contributed by atoms with Gasteiger partial charge in [0.05, 0.1) is 0 Å². The SMILES string of the molecule is O=C1NC(=O)C2(CC2)S1. The number of rotatable bonds is 0. The zero-order chi connectivity index (χ0) is 6.48. The van der Waals surface area contributed by atoms with Gasteiger partial charge in [-0.2, -0.15) is 0 Å². The largest absolute Gasteiger partial charge is 0.286 e. The van der Waals surface area contributed by atoms with Gasteiger partial charge in [-0.05, 0) is 24.6 Å². The van der Waals surface area contributed by atoms with Crippen LogP contribution in [0.3, 0.4) is 0 Å². The molecule has 2 aliphatic rings. The van der Waals surface area contributed by atoms with E-state index in [1.807, 2.05) is 0 Å². The second kappa shape index (κ2) is 1.31. The van der Waals surface area contributed by atoms with Crippen LogP contribution < -0.4 is 5.32 Å². The van der Waals surface area contributed by atoms with Crippen LogP contribution in [0.4, 0.5) is 4.79 Å². The van der Waals surface area contributed by atoms with Gasteiger partial charge in [-0.1, -0.05) is 0 Å². The molecule has 1 aliphatic heterocycles. The van der Waals surface area contributed by atoms with Gasteiger partial charge in [0.25, 0.3) is 5.24 Å². The molecule has 3 nitrogen and oxygen atoms in total.